The number of carbonyl (C=O) groups is 2. The van der Waals surface area contributed by atoms with Crippen LogP contribution in [-0.2, 0) is 9.59 Å². The van der Waals surface area contributed by atoms with Crippen molar-refractivity contribution < 1.29 is 15.3 Å². The van der Waals surface area contributed by atoms with Crippen molar-refractivity contribution in [1.29, 1.82) is 0 Å². The van der Waals surface area contributed by atoms with Crippen LogP contribution in [0.5, 0.6) is 0 Å². The van der Waals surface area contributed by atoms with Gasteiger partial charge >= 0.3 is 0 Å². The van der Waals surface area contributed by atoms with E-state index >= 15 is 0 Å². The molecule has 15 heavy (non-hydrogen) atoms. The molecule has 0 saturated carbocycles. The van der Waals surface area contributed by atoms with Crippen molar-refractivity contribution in [1.82, 2.24) is 5.32 Å². The molecule has 0 aromatic carbocycles. The predicted octanol–water partition coefficient (Wildman–Crippen LogP) is -1.18. The summed E-state index contributed by atoms with van der Waals surface area (Å²) in [7, 11) is 0. The molecule has 6 N–H and O–H groups in total. The summed E-state index contributed by atoms with van der Waals surface area (Å²) in [4.78, 5) is 21.9. The standard InChI is InChI=1S/C10H21N3O2/c1-7(11)10(15)13-6-4-3-5-9(12)8(2)14/h7,9H,3-6,11-12H2,1-2H3,(H,13,15)/p+1. The van der Waals surface area contributed by atoms with Gasteiger partial charge in [-0.3, -0.25) is 9.59 Å². The SMILES string of the molecule is CC(=O)C(N)CCCCNC(=O)C(C)[NH3+]. The Morgan fingerprint density at radius 2 is 2.00 bits per heavy atom. The fraction of sp³-hybridized carbons (Fsp3) is 0.800. The van der Waals surface area contributed by atoms with Gasteiger partial charge in [-0.05, 0) is 33.1 Å². The van der Waals surface area contributed by atoms with Gasteiger partial charge in [-0.25, -0.2) is 0 Å². The number of quaternary nitrogens is 1. The minimum atomic E-state index is -0.354. The largest absolute Gasteiger partial charge is 0.351 e. The number of Topliss-reactive ketones (excluding diaryl/α,β-unsaturated/α-hetero) is 1. The van der Waals surface area contributed by atoms with E-state index in [0.717, 1.165) is 12.8 Å². The van der Waals surface area contributed by atoms with Crippen molar-refractivity contribution in [3.8, 4) is 0 Å². The summed E-state index contributed by atoms with van der Waals surface area (Å²) >= 11 is 0. The minimum absolute atomic E-state index is 0.0189. The number of amides is 1. The van der Waals surface area contributed by atoms with E-state index in [4.69, 9.17) is 5.73 Å². The number of hydrogen-bond acceptors (Lipinski definition) is 3. The summed E-state index contributed by atoms with van der Waals surface area (Å²) in [5, 5.41) is 2.76. The summed E-state index contributed by atoms with van der Waals surface area (Å²) < 4.78 is 0. The average Bonchev–Trinajstić information content (AvgIpc) is 2.16. The Bertz CT molecular complexity index is 217. The van der Waals surface area contributed by atoms with Gasteiger partial charge in [0, 0.05) is 6.54 Å². The van der Waals surface area contributed by atoms with Crippen LogP contribution in [0.2, 0.25) is 0 Å². The van der Waals surface area contributed by atoms with Gasteiger partial charge in [-0.15, -0.1) is 0 Å². The van der Waals surface area contributed by atoms with E-state index in [1.54, 1.807) is 6.92 Å². The Hall–Kier alpha value is -0.940. The maximum Gasteiger partial charge on any atom is 0.277 e. The first-order valence-electron chi connectivity index (χ1n) is 5.32. The van der Waals surface area contributed by atoms with Crippen molar-refractivity contribution in [2.24, 2.45) is 5.73 Å². The highest BCUT2D eigenvalue weighted by Crippen LogP contribution is 1.98. The van der Waals surface area contributed by atoms with Crippen LogP contribution in [0.3, 0.4) is 0 Å². The smallest absolute Gasteiger partial charge is 0.277 e. The normalized spacial score (nSPS) is 14.4. The molecule has 5 nitrogen and oxygen atoms in total. The molecule has 0 bridgehead atoms. The van der Waals surface area contributed by atoms with Gasteiger partial charge in [-0.2, -0.15) is 0 Å². The number of nitrogens with two attached hydrogens (primary N) is 1. The van der Waals surface area contributed by atoms with Crippen LogP contribution in [0.1, 0.15) is 33.1 Å². The van der Waals surface area contributed by atoms with Crippen molar-refractivity contribution in [2.75, 3.05) is 6.54 Å². The molecular formula is C10H22N3O2+. The zero-order chi connectivity index (χ0) is 11.8. The van der Waals surface area contributed by atoms with E-state index in [1.807, 2.05) is 0 Å². The average molecular weight is 216 g/mol. The molecule has 5 heteroatoms. The molecular weight excluding hydrogens is 194 g/mol. The molecule has 2 unspecified atom stereocenters. The van der Waals surface area contributed by atoms with Gasteiger partial charge in [0.25, 0.3) is 5.91 Å². The van der Waals surface area contributed by atoms with Crippen LogP contribution >= 0.6 is 0 Å². The molecule has 0 radical (unpaired) electrons. The number of ketones is 1. The Kier molecular flexibility index (Phi) is 6.90. The quantitative estimate of drug-likeness (QED) is 0.467. The van der Waals surface area contributed by atoms with E-state index in [1.165, 1.54) is 6.92 Å². The summed E-state index contributed by atoms with van der Waals surface area (Å²) in [6, 6.07) is -0.572. The third-order valence-electron chi connectivity index (χ3n) is 2.21. The molecule has 0 aromatic heterocycles. The second kappa shape index (κ2) is 7.36. The minimum Gasteiger partial charge on any atom is -0.351 e. The third-order valence-corrected chi connectivity index (χ3v) is 2.21. The van der Waals surface area contributed by atoms with Gasteiger partial charge < -0.3 is 16.8 Å². The zero-order valence-corrected chi connectivity index (χ0v) is 9.58. The predicted molar refractivity (Wildman–Crippen MR) is 57.9 cm³/mol. The van der Waals surface area contributed by atoms with Crippen molar-refractivity contribution in [2.45, 2.75) is 45.2 Å². The number of nitrogens with one attached hydrogen (secondary N) is 1. The summed E-state index contributed by atoms with van der Waals surface area (Å²) in [6.07, 6.45) is 2.39. The number of unbranched alkanes of at least 4 members (excludes halogenated alkanes) is 1. The molecule has 0 spiro atoms. The van der Waals surface area contributed by atoms with Gasteiger partial charge in [0.1, 0.15) is 5.78 Å². The Balaban J connectivity index is 3.40. The number of rotatable bonds is 7. The molecule has 1 amide bonds. The number of carbonyl (C=O) groups excluding carboxylic acids is 2. The second-order valence-corrected chi connectivity index (χ2v) is 3.91. The monoisotopic (exact) mass is 216 g/mol. The van der Waals surface area contributed by atoms with E-state index < -0.39 is 0 Å². The molecule has 0 aliphatic carbocycles. The number of hydrogen-bond donors (Lipinski definition) is 3. The molecule has 0 saturated heterocycles. The van der Waals surface area contributed by atoms with Gasteiger partial charge in [0.05, 0.1) is 6.04 Å². The van der Waals surface area contributed by atoms with E-state index in [0.29, 0.717) is 13.0 Å². The highest BCUT2D eigenvalue weighted by molar-refractivity contribution is 5.81. The lowest BCUT2D eigenvalue weighted by molar-refractivity contribution is -0.398. The Morgan fingerprint density at radius 1 is 1.40 bits per heavy atom. The zero-order valence-electron chi connectivity index (χ0n) is 9.58. The van der Waals surface area contributed by atoms with Gasteiger partial charge in [0.2, 0.25) is 0 Å². The lowest BCUT2D eigenvalue weighted by atomic mass is 10.1. The lowest BCUT2D eigenvalue weighted by Crippen LogP contribution is -2.65. The highest BCUT2D eigenvalue weighted by atomic mass is 16.2. The second-order valence-electron chi connectivity index (χ2n) is 3.91. The molecule has 0 aliphatic rings. The van der Waals surface area contributed by atoms with E-state index in [2.05, 4.69) is 11.1 Å². The highest BCUT2D eigenvalue weighted by Gasteiger charge is 2.10. The first-order chi connectivity index (χ1) is 6.95. The summed E-state index contributed by atoms with van der Waals surface area (Å²) in [6.45, 7) is 3.88. The Morgan fingerprint density at radius 3 is 2.47 bits per heavy atom. The Labute approximate surface area is 90.6 Å². The maximum atomic E-state index is 11.1. The topological polar surface area (TPSA) is 99.8 Å². The first kappa shape index (κ1) is 14.1. The van der Waals surface area contributed by atoms with E-state index in [9.17, 15) is 9.59 Å². The van der Waals surface area contributed by atoms with E-state index in [-0.39, 0.29) is 23.8 Å². The van der Waals surface area contributed by atoms with Crippen LogP contribution in [0.25, 0.3) is 0 Å². The van der Waals surface area contributed by atoms with Crippen molar-refractivity contribution in [3.63, 3.8) is 0 Å². The fourth-order valence-electron chi connectivity index (χ4n) is 1.08. The third kappa shape index (κ3) is 7.04. The molecule has 0 aliphatic heterocycles. The van der Waals surface area contributed by atoms with Crippen LogP contribution in [0, 0.1) is 0 Å². The van der Waals surface area contributed by atoms with Crippen LogP contribution in [-0.4, -0.2) is 30.3 Å². The van der Waals surface area contributed by atoms with Crippen molar-refractivity contribution in [3.05, 3.63) is 0 Å². The van der Waals surface area contributed by atoms with Crippen molar-refractivity contribution >= 4 is 11.7 Å². The molecule has 0 heterocycles. The molecule has 0 fully saturated rings. The van der Waals surface area contributed by atoms with Gasteiger partial charge in [-0.1, -0.05) is 0 Å². The molecule has 2 atom stereocenters. The lowest BCUT2D eigenvalue weighted by Gasteiger charge is -2.08. The summed E-state index contributed by atoms with van der Waals surface area (Å²) in [5.41, 5.74) is 9.17. The fourth-order valence-corrected chi connectivity index (χ4v) is 1.08. The van der Waals surface area contributed by atoms with Gasteiger partial charge in [0.15, 0.2) is 6.04 Å². The molecule has 0 aromatic rings. The first-order valence-corrected chi connectivity index (χ1v) is 5.32. The molecule has 88 valence electrons. The summed E-state index contributed by atoms with van der Waals surface area (Å²) in [5.74, 6) is -0.0173. The maximum absolute atomic E-state index is 11.1. The van der Waals surface area contributed by atoms with Crippen LogP contribution < -0.4 is 16.8 Å². The van der Waals surface area contributed by atoms with Crippen LogP contribution in [0.15, 0.2) is 0 Å². The molecule has 0 rings (SSSR count). The van der Waals surface area contributed by atoms with Crippen LogP contribution in [0.4, 0.5) is 0 Å².